The van der Waals surface area contributed by atoms with Crippen LogP contribution in [0.15, 0.2) is 64.1 Å². The largest absolute Gasteiger partial charge is 0.497 e. The molecule has 0 aliphatic carbocycles. The van der Waals surface area contributed by atoms with E-state index in [9.17, 15) is 9.18 Å². The second-order valence-corrected chi connectivity index (χ2v) is 8.76. The summed E-state index contributed by atoms with van der Waals surface area (Å²) in [5.41, 5.74) is 5.57. The SMILES string of the molecule is COc1ccc([C@H]2Nn3c(C)ccc3S[C@H]2C(=O)Nc2ccc(Br)cc2F)cc1. The maximum absolute atomic E-state index is 14.2. The number of benzene rings is 2. The number of methoxy groups -OCH3 is 1. The van der Waals surface area contributed by atoms with Crippen molar-refractivity contribution in [2.45, 2.75) is 23.2 Å². The smallest absolute Gasteiger partial charge is 0.240 e. The van der Waals surface area contributed by atoms with Crippen LogP contribution in [-0.4, -0.2) is 22.9 Å². The van der Waals surface area contributed by atoms with Crippen LogP contribution in [0.25, 0.3) is 0 Å². The zero-order valence-corrected chi connectivity index (χ0v) is 18.2. The van der Waals surface area contributed by atoms with E-state index < -0.39 is 11.1 Å². The van der Waals surface area contributed by atoms with Gasteiger partial charge in [-0.15, -0.1) is 0 Å². The second kappa shape index (κ2) is 8.12. The molecular weight excluding hydrogens is 457 g/mol. The Morgan fingerprint density at radius 3 is 2.66 bits per heavy atom. The molecule has 1 aliphatic heterocycles. The quantitative estimate of drug-likeness (QED) is 0.550. The molecule has 2 heterocycles. The van der Waals surface area contributed by atoms with E-state index in [0.29, 0.717) is 4.47 Å². The molecule has 0 fully saturated rings. The number of amides is 1. The molecule has 0 bridgehead atoms. The van der Waals surface area contributed by atoms with Crippen molar-refractivity contribution in [1.82, 2.24) is 4.68 Å². The van der Waals surface area contributed by atoms with Crippen molar-refractivity contribution in [2.75, 3.05) is 17.9 Å². The number of hydrogen-bond acceptors (Lipinski definition) is 4. The highest BCUT2D eigenvalue weighted by molar-refractivity contribution is 9.10. The van der Waals surface area contributed by atoms with Gasteiger partial charge in [0, 0.05) is 10.2 Å². The summed E-state index contributed by atoms with van der Waals surface area (Å²) in [4.78, 5) is 13.1. The Bertz CT molecular complexity index is 1050. The van der Waals surface area contributed by atoms with Gasteiger partial charge >= 0.3 is 0 Å². The Hall–Kier alpha value is -2.45. The number of hydrogen-bond donors (Lipinski definition) is 2. The average molecular weight is 476 g/mol. The van der Waals surface area contributed by atoms with Crippen LogP contribution < -0.4 is 15.5 Å². The maximum atomic E-state index is 14.2. The average Bonchev–Trinajstić information content (AvgIpc) is 3.09. The number of anilines is 1. The fourth-order valence-electron chi connectivity index (χ4n) is 3.24. The summed E-state index contributed by atoms with van der Waals surface area (Å²) in [5.74, 6) is -0.00987. The second-order valence-electron chi connectivity index (χ2n) is 6.68. The fourth-order valence-corrected chi connectivity index (χ4v) is 4.80. The van der Waals surface area contributed by atoms with Crippen molar-refractivity contribution in [3.63, 3.8) is 0 Å². The van der Waals surface area contributed by atoms with Crippen molar-refractivity contribution >= 4 is 39.3 Å². The van der Waals surface area contributed by atoms with Gasteiger partial charge in [-0.3, -0.25) is 9.47 Å². The van der Waals surface area contributed by atoms with Crippen LogP contribution in [0.3, 0.4) is 0 Å². The van der Waals surface area contributed by atoms with Crippen LogP contribution in [-0.2, 0) is 4.79 Å². The summed E-state index contributed by atoms with van der Waals surface area (Å²) in [6.07, 6.45) is 0. The Morgan fingerprint density at radius 2 is 1.97 bits per heavy atom. The number of carbonyl (C=O) groups excluding carboxylic acids is 1. The van der Waals surface area contributed by atoms with Gasteiger partial charge in [-0.05, 0) is 55.0 Å². The zero-order chi connectivity index (χ0) is 20.5. The molecule has 2 atom stereocenters. The number of rotatable bonds is 4. The van der Waals surface area contributed by atoms with Gasteiger partial charge < -0.3 is 15.5 Å². The normalized spacial score (nSPS) is 17.9. The summed E-state index contributed by atoms with van der Waals surface area (Å²) < 4.78 is 22.1. The molecule has 0 unspecified atom stereocenters. The molecule has 8 heteroatoms. The van der Waals surface area contributed by atoms with E-state index in [0.717, 1.165) is 22.0 Å². The van der Waals surface area contributed by atoms with Crippen molar-refractivity contribution in [3.8, 4) is 5.75 Å². The lowest BCUT2D eigenvalue weighted by Gasteiger charge is -2.34. The lowest BCUT2D eigenvalue weighted by molar-refractivity contribution is -0.116. The van der Waals surface area contributed by atoms with E-state index in [1.807, 2.05) is 48.0 Å². The zero-order valence-electron chi connectivity index (χ0n) is 15.8. The molecule has 3 aromatic rings. The van der Waals surface area contributed by atoms with Crippen LogP contribution in [0.1, 0.15) is 17.3 Å². The summed E-state index contributed by atoms with van der Waals surface area (Å²) in [5, 5.41) is 3.18. The van der Waals surface area contributed by atoms with E-state index >= 15 is 0 Å². The predicted octanol–water partition coefficient (Wildman–Crippen LogP) is 5.10. The minimum Gasteiger partial charge on any atom is -0.497 e. The van der Waals surface area contributed by atoms with Crippen molar-refractivity contribution in [2.24, 2.45) is 0 Å². The highest BCUT2D eigenvalue weighted by atomic mass is 79.9. The highest BCUT2D eigenvalue weighted by Gasteiger charge is 2.36. The van der Waals surface area contributed by atoms with Crippen LogP contribution in [0, 0.1) is 12.7 Å². The maximum Gasteiger partial charge on any atom is 0.240 e. The van der Waals surface area contributed by atoms with Gasteiger partial charge in [0.25, 0.3) is 0 Å². The summed E-state index contributed by atoms with van der Waals surface area (Å²) in [6.45, 7) is 2.00. The first kappa shape index (κ1) is 19.8. The van der Waals surface area contributed by atoms with Gasteiger partial charge in [-0.1, -0.05) is 39.8 Å². The predicted molar refractivity (Wildman–Crippen MR) is 117 cm³/mol. The number of carbonyl (C=O) groups is 1. The molecule has 0 saturated heterocycles. The third kappa shape index (κ3) is 4.00. The Balaban J connectivity index is 1.66. The number of nitrogens with zero attached hydrogens (tertiary/aromatic N) is 1. The number of aromatic nitrogens is 1. The van der Waals surface area contributed by atoms with E-state index in [1.54, 1.807) is 19.2 Å². The fraction of sp³-hybridized carbons (Fsp3) is 0.190. The number of fused-ring (bicyclic) bond motifs is 1. The van der Waals surface area contributed by atoms with Crippen LogP contribution in [0.4, 0.5) is 10.1 Å². The number of nitrogens with one attached hydrogen (secondary N) is 2. The molecule has 150 valence electrons. The van der Waals surface area contributed by atoms with Gasteiger partial charge in [0.15, 0.2) is 0 Å². The summed E-state index contributed by atoms with van der Waals surface area (Å²) in [6, 6.07) is 15.8. The highest BCUT2D eigenvalue weighted by Crippen LogP contribution is 2.39. The molecule has 1 aromatic heterocycles. The van der Waals surface area contributed by atoms with E-state index in [2.05, 4.69) is 26.7 Å². The van der Waals surface area contributed by atoms with Gasteiger partial charge in [0.1, 0.15) is 16.8 Å². The lowest BCUT2D eigenvalue weighted by atomic mass is 10.0. The molecule has 0 radical (unpaired) electrons. The van der Waals surface area contributed by atoms with E-state index in [1.165, 1.54) is 17.8 Å². The molecule has 1 amide bonds. The van der Waals surface area contributed by atoms with Gasteiger partial charge in [0.2, 0.25) is 5.91 Å². The minimum absolute atomic E-state index is 0.157. The first-order valence-corrected chi connectivity index (χ1v) is 10.6. The first-order valence-electron chi connectivity index (χ1n) is 8.97. The summed E-state index contributed by atoms with van der Waals surface area (Å²) >= 11 is 4.68. The molecule has 2 aromatic carbocycles. The van der Waals surface area contributed by atoms with Crippen molar-refractivity contribution in [3.05, 3.63) is 76.1 Å². The van der Waals surface area contributed by atoms with Gasteiger partial charge in [0.05, 0.1) is 23.9 Å². The molecule has 2 N–H and O–H groups in total. The number of aryl methyl sites for hydroxylation is 1. The molecule has 0 saturated carbocycles. The topological polar surface area (TPSA) is 55.3 Å². The standard InChI is InChI=1S/C21H19BrFN3O2S/c1-12-3-10-18-26(12)25-19(13-4-7-15(28-2)8-5-13)20(29-18)21(27)24-17-9-6-14(22)11-16(17)23/h3-11,19-20,25H,1-2H3,(H,24,27)/t19-,20-/m1/s1. The first-order chi connectivity index (χ1) is 14.0. The molecule has 5 nitrogen and oxygen atoms in total. The molecule has 4 rings (SSSR count). The molecular formula is C21H19BrFN3O2S. The molecule has 0 spiro atoms. The summed E-state index contributed by atoms with van der Waals surface area (Å²) in [7, 11) is 1.61. The lowest BCUT2D eigenvalue weighted by Crippen LogP contribution is -2.41. The van der Waals surface area contributed by atoms with Crippen molar-refractivity contribution < 1.29 is 13.9 Å². The van der Waals surface area contributed by atoms with Crippen molar-refractivity contribution in [1.29, 1.82) is 0 Å². The van der Waals surface area contributed by atoms with Gasteiger partial charge in [-0.2, -0.15) is 0 Å². The van der Waals surface area contributed by atoms with Crippen LogP contribution in [0.5, 0.6) is 5.75 Å². The number of halogens is 2. The monoisotopic (exact) mass is 475 g/mol. The molecule has 1 aliphatic rings. The van der Waals surface area contributed by atoms with Crippen LogP contribution in [0.2, 0.25) is 0 Å². The minimum atomic E-state index is -0.492. The Morgan fingerprint density at radius 1 is 1.21 bits per heavy atom. The third-order valence-corrected chi connectivity index (χ3v) is 6.57. The number of thioether (sulfide) groups is 1. The number of ether oxygens (including phenoxy) is 1. The Kier molecular flexibility index (Phi) is 5.56. The van der Waals surface area contributed by atoms with Crippen LogP contribution >= 0.6 is 27.7 Å². The van der Waals surface area contributed by atoms with E-state index in [4.69, 9.17) is 4.74 Å². The van der Waals surface area contributed by atoms with E-state index in [-0.39, 0.29) is 17.6 Å². The third-order valence-electron chi connectivity index (χ3n) is 4.78. The molecule has 29 heavy (non-hydrogen) atoms. The van der Waals surface area contributed by atoms with Gasteiger partial charge in [-0.25, -0.2) is 4.39 Å². The Labute approximate surface area is 180 Å².